The van der Waals surface area contributed by atoms with Crippen LogP contribution in [0.4, 0.5) is 0 Å². The van der Waals surface area contributed by atoms with Crippen LogP contribution in [-0.4, -0.2) is 26.6 Å². The third kappa shape index (κ3) is 2.56. The quantitative estimate of drug-likeness (QED) is 0.865. The summed E-state index contributed by atoms with van der Waals surface area (Å²) in [6.07, 6.45) is 1.52. The Balaban J connectivity index is 3.80. The number of hydrogen-bond acceptors (Lipinski definition) is 3. The van der Waals surface area contributed by atoms with Gasteiger partial charge >= 0.3 is 5.97 Å². The second-order valence-corrected chi connectivity index (χ2v) is 6.65. The smallest absolute Gasteiger partial charge is 0.339 e. The highest BCUT2D eigenvalue weighted by atomic mass is 32.2. The molecule has 0 saturated heterocycles. The van der Waals surface area contributed by atoms with Crippen molar-refractivity contribution in [3.8, 4) is 5.75 Å². The average molecular weight is 270 g/mol. The molecule has 0 fully saturated rings. The number of carboxylic acids is 1. The summed E-state index contributed by atoms with van der Waals surface area (Å²) in [7, 11) is -1.28. The van der Waals surface area contributed by atoms with E-state index in [1.165, 1.54) is 6.26 Å². The number of rotatable bonds is 2. The molecule has 5 heteroatoms. The topological polar surface area (TPSA) is 74.6 Å². The Morgan fingerprint density at radius 3 is 2.17 bits per heavy atom. The molecule has 1 aromatic rings. The van der Waals surface area contributed by atoms with Gasteiger partial charge in [-0.1, -0.05) is 20.8 Å². The summed E-state index contributed by atoms with van der Waals surface area (Å²) >= 11 is 0. The van der Waals surface area contributed by atoms with Gasteiger partial charge in [-0.3, -0.25) is 4.21 Å². The molecular weight excluding hydrogens is 252 g/mol. The highest BCUT2D eigenvalue weighted by Gasteiger charge is 2.29. The van der Waals surface area contributed by atoms with Crippen LogP contribution in [0.2, 0.25) is 0 Å². The average Bonchev–Trinajstić information content (AvgIpc) is 2.12. The summed E-state index contributed by atoms with van der Waals surface area (Å²) in [5.74, 6) is -1.45. The Kier molecular flexibility index (Phi) is 3.86. The first kappa shape index (κ1) is 14.7. The first-order chi connectivity index (χ1) is 8.07. The first-order valence-corrected chi connectivity index (χ1v) is 7.07. The molecule has 1 atom stereocenters. The number of carboxylic acid groups (broad SMARTS) is 1. The zero-order valence-corrected chi connectivity index (χ0v) is 12.0. The van der Waals surface area contributed by atoms with Crippen LogP contribution in [0.5, 0.6) is 5.75 Å². The van der Waals surface area contributed by atoms with Crippen molar-refractivity contribution < 1.29 is 19.2 Å². The summed E-state index contributed by atoms with van der Waals surface area (Å²) in [6.45, 7) is 7.13. The highest BCUT2D eigenvalue weighted by molar-refractivity contribution is 7.84. The van der Waals surface area contributed by atoms with Crippen LogP contribution in [0.15, 0.2) is 11.0 Å². The van der Waals surface area contributed by atoms with Gasteiger partial charge in [0, 0.05) is 16.7 Å². The number of aromatic hydroxyl groups is 1. The van der Waals surface area contributed by atoms with Gasteiger partial charge in [-0.2, -0.15) is 0 Å². The predicted molar refractivity (Wildman–Crippen MR) is 70.8 cm³/mol. The van der Waals surface area contributed by atoms with E-state index < -0.39 is 22.2 Å². The van der Waals surface area contributed by atoms with Crippen LogP contribution in [0.3, 0.4) is 0 Å². The van der Waals surface area contributed by atoms with E-state index in [1.807, 2.05) is 20.8 Å². The third-order valence-electron chi connectivity index (χ3n) is 2.74. The van der Waals surface area contributed by atoms with Gasteiger partial charge in [0.05, 0.1) is 10.8 Å². The van der Waals surface area contributed by atoms with Crippen molar-refractivity contribution in [3.05, 3.63) is 22.8 Å². The van der Waals surface area contributed by atoms with Crippen molar-refractivity contribution in [2.75, 3.05) is 6.26 Å². The summed E-state index contributed by atoms with van der Waals surface area (Å²) in [4.78, 5) is 11.7. The molecule has 0 spiro atoms. The summed E-state index contributed by atoms with van der Waals surface area (Å²) in [6, 6.07) is 1.58. The normalized spacial score (nSPS) is 13.4. The van der Waals surface area contributed by atoms with Gasteiger partial charge in [0.15, 0.2) is 0 Å². The molecule has 1 aromatic carbocycles. The van der Waals surface area contributed by atoms with E-state index >= 15 is 0 Å². The fourth-order valence-electron chi connectivity index (χ4n) is 1.99. The van der Waals surface area contributed by atoms with E-state index in [0.717, 1.165) is 0 Å². The maximum absolute atomic E-state index is 11.8. The molecule has 0 aromatic heterocycles. The Morgan fingerprint density at radius 1 is 1.33 bits per heavy atom. The summed E-state index contributed by atoms with van der Waals surface area (Å²) < 4.78 is 11.8. The van der Waals surface area contributed by atoms with Crippen molar-refractivity contribution in [3.63, 3.8) is 0 Å². The van der Waals surface area contributed by atoms with Crippen LogP contribution in [0, 0.1) is 6.92 Å². The monoisotopic (exact) mass is 270 g/mol. The molecule has 0 aliphatic carbocycles. The minimum Gasteiger partial charge on any atom is -0.507 e. The Bertz CT molecular complexity index is 527. The second-order valence-electron chi connectivity index (χ2n) is 5.30. The molecule has 0 amide bonds. The molecule has 100 valence electrons. The lowest BCUT2D eigenvalue weighted by molar-refractivity contribution is 0.0692. The largest absolute Gasteiger partial charge is 0.507 e. The SMILES string of the molecule is Cc1cc(S(C)=O)c(C(C)(C)C)c(O)c1C(=O)O. The van der Waals surface area contributed by atoms with E-state index in [4.69, 9.17) is 5.11 Å². The lowest BCUT2D eigenvalue weighted by atomic mass is 9.84. The first-order valence-electron chi connectivity index (χ1n) is 5.51. The zero-order valence-electron chi connectivity index (χ0n) is 11.2. The number of hydrogen-bond donors (Lipinski definition) is 2. The van der Waals surface area contributed by atoms with Gasteiger partial charge in [0.25, 0.3) is 0 Å². The number of aromatic carboxylic acids is 1. The van der Waals surface area contributed by atoms with Crippen molar-refractivity contribution in [2.45, 2.75) is 38.0 Å². The maximum Gasteiger partial charge on any atom is 0.339 e. The van der Waals surface area contributed by atoms with Crippen LogP contribution >= 0.6 is 0 Å². The third-order valence-corrected chi connectivity index (χ3v) is 3.68. The number of carbonyl (C=O) groups is 1. The second kappa shape index (κ2) is 4.72. The van der Waals surface area contributed by atoms with E-state index in [9.17, 15) is 14.1 Å². The predicted octanol–water partition coefficient (Wildman–Crippen LogP) is 2.43. The van der Waals surface area contributed by atoms with Gasteiger partial charge in [-0.25, -0.2) is 4.79 Å². The van der Waals surface area contributed by atoms with E-state index in [1.54, 1.807) is 13.0 Å². The minimum absolute atomic E-state index is 0.117. The van der Waals surface area contributed by atoms with Crippen LogP contribution in [0.25, 0.3) is 0 Å². The Morgan fingerprint density at radius 2 is 1.83 bits per heavy atom. The fraction of sp³-hybridized carbons (Fsp3) is 0.462. The zero-order chi connectivity index (χ0) is 14.2. The van der Waals surface area contributed by atoms with E-state index in [0.29, 0.717) is 16.0 Å². The molecule has 1 rings (SSSR count). The van der Waals surface area contributed by atoms with Gasteiger partial charge < -0.3 is 10.2 Å². The standard InChI is InChI=1S/C13H18O4S/c1-7-6-8(18(5)17)10(13(2,3)4)11(14)9(7)12(15)16/h6,14H,1-5H3,(H,15,16). The lowest BCUT2D eigenvalue weighted by Gasteiger charge is -2.25. The van der Waals surface area contributed by atoms with Crippen LogP contribution < -0.4 is 0 Å². The molecule has 4 nitrogen and oxygen atoms in total. The molecule has 0 heterocycles. The molecule has 0 radical (unpaired) electrons. The van der Waals surface area contributed by atoms with Crippen molar-refractivity contribution >= 4 is 16.8 Å². The lowest BCUT2D eigenvalue weighted by Crippen LogP contribution is -2.17. The maximum atomic E-state index is 11.8. The van der Waals surface area contributed by atoms with E-state index in [2.05, 4.69) is 0 Å². The molecule has 1 unspecified atom stereocenters. The summed E-state index contributed by atoms with van der Waals surface area (Å²) in [5.41, 5.74) is 0.252. The number of phenols is 1. The Labute approximate surface area is 109 Å². The minimum atomic E-state index is -1.28. The van der Waals surface area contributed by atoms with Gasteiger partial charge in [0.1, 0.15) is 11.3 Å². The fourth-order valence-corrected chi connectivity index (χ4v) is 3.02. The van der Waals surface area contributed by atoms with Crippen molar-refractivity contribution in [2.24, 2.45) is 0 Å². The van der Waals surface area contributed by atoms with Crippen molar-refractivity contribution in [1.82, 2.24) is 0 Å². The van der Waals surface area contributed by atoms with E-state index in [-0.39, 0.29) is 11.3 Å². The van der Waals surface area contributed by atoms with Crippen LogP contribution in [0.1, 0.15) is 42.3 Å². The van der Waals surface area contributed by atoms with Crippen molar-refractivity contribution in [1.29, 1.82) is 0 Å². The molecule has 0 saturated carbocycles. The highest BCUT2D eigenvalue weighted by Crippen LogP contribution is 2.39. The Hall–Kier alpha value is -1.36. The molecule has 2 N–H and O–H groups in total. The molecule has 0 aliphatic heterocycles. The molecular formula is C13H18O4S. The summed E-state index contributed by atoms with van der Waals surface area (Å²) in [5, 5.41) is 19.3. The molecule has 18 heavy (non-hydrogen) atoms. The van der Waals surface area contributed by atoms with Gasteiger partial charge in [-0.15, -0.1) is 0 Å². The van der Waals surface area contributed by atoms with Crippen LogP contribution in [-0.2, 0) is 16.2 Å². The van der Waals surface area contributed by atoms with Gasteiger partial charge in [-0.05, 0) is 24.0 Å². The number of benzene rings is 1. The number of aryl methyl sites for hydroxylation is 1. The molecule has 0 bridgehead atoms. The van der Waals surface area contributed by atoms with Gasteiger partial charge in [0.2, 0.25) is 0 Å². The molecule has 0 aliphatic rings.